The molecule has 4 nitrogen and oxygen atoms in total. The molecular formula is C13H16ClNO3S2. The molecular weight excluding hydrogens is 318 g/mol. The number of sulfone groups is 1. The molecule has 0 spiro atoms. The van der Waals surface area contributed by atoms with Crippen molar-refractivity contribution in [1.29, 1.82) is 0 Å². The molecule has 0 radical (unpaired) electrons. The first-order valence-electron chi connectivity index (χ1n) is 6.28. The van der Waals surface area contributed by atoms with Gasteiger partial charge in [0.25, 0.3) is 0 Å². The number of hydrogen-bond donors (Lipinski definition) is 1. The molecule has 0 aromatic heterocycles. The zero-order valence-corrected chi connectivity index (χ0v) is 13.2. The Hall–Kier alpha value is -0.720. The fourth-order valence-corrected chi connectivity index (χ4v) is 5.67. The molecule has 2 rings (SSSR count). The van der Waals surface area contributed by atoms with Crippen molar-refractivity contribution < 1.29 is 13.2 Å². The number of rotatable bonds is 5. The van der Waals surface area contributed by atoms with Gasteiger partial charge in [-0.3, -0.25) is 4.79 Å². The standard InChI is InChI=1S/C13H16ClNO3S2/c14-11-3-1-2-10(6-11)7-15-13(16)8-19-12-4-5-20(17,18)9-12/h1-3,6,12H,4-5,7-9H2,(H,15,16)/t12-/m1/s1. The van der Waals surface area contributed by atoms with Gasteiger partial charge in [0.1, 0.15) is 0 Å². The first kappa shape index (κ1) is 15.7. The van der Waals surface area contributed by atoms with Crippen LogP contribution in [0.15, 0.2) is 24.3 Å². The minimum atomic E-state index is -2.87. The van der Waals surface area contributed by atoms with E-state index in [1.807, 2.05) is 12.1 Å². The number of nitrogens with one attached hydrogen (secondary N) is 1. The van der Waals surface area contributed by atoms with Crippen LogP contribution in [0.5, 0.6) is 0 Å². The van der Waals surface area contributed by atoms with Crippen LogP contribution in [0.4, 0.5) is 0 Å². The molecule has 1 N–H and O–H groups in total. The highest BCUT2D eigenvalue weighted by Crippen LogP contribution is 2.23. The molecule has 1 aliphatic rings. The minimum Gasteiger partial charge on any atom is -0.351 e. The average Bonchev–Trinajstić information content (AvgIpc) is 2.74. The summed E-state index contributed by atoms with van der Waals surface area (Å²) in [5.41, 5.74) is 0.944. The number of benzene rings is 1. The molecule has 1 saturated heterocycles. The van der Waals surface area contributed by atoms with Gasteiger partial charge in [-0.25, -0.2) is 8.42 Å². The monoisotopic (exact) mass is 333 g/mol. The molecule has 1 aliphatic heterocycles. The van der Waals surface area contributed by atoms with Gasteiger partial charge < -0.3 is 5.32 Å². The van der Waals surface area contributed by atoms with E-state index in [-0.39, 0.29) is 22.7 Å². The van der Waals surface area contributed by atoms with Gasteiger partial charge in [0, 0.05) is 16.8 Å². The molecule has 20 heavy (non-hydrogen) atoms. The second kappa shape index (κ2) is 6.83. The van der Waals surface area contributed by atoms with Crippen molar-refractivity contribution in [3.8, 4) is 0 Å². The van der Waals surface area contributed by atoms with Gasteiger partial charge in [-0.2, -0.15) is 0 Å². The lowest BCUT2D eigenvalue weighted by Gasteiger charge is -2.08. The van der Waals surface area contributed by atoms with Crippen molar-refractivity contribution in [1.82, 2.24) is 5.32 Å². The number of amides is 1. The van der Waals surface area contributed by atoms with E-state index >= 15 is 0 Å². The normalized spacial score (nSPS) is 20.8. The molecule has 1 aromatic carbocycles. The van der Waals surface area contributed by atoms with Crippen molar-refractivity contribution in [2.45, 2.75) is 18.2 Å². The van der Waals surface area contributed by atoms with E-state index in [0.717, 1.165) is 5.56 Å². The van der Waals surface area contributed by atoms with E-state index in [0.29, 0.717) is 23.7 Å². The van der Waals surface area contributed by atoms with Gasteiger partial charge in [-0.05, 0) is 24.1 Å². The van der Waals surface area contributed by atoms with Crippen LogP contribution in [-0.2, 0) is 21.2 Å². The first-order valence-corrected chi connectivity index (χ1v) is 9.52. The van der Waals surface area contributed by atoms with E-state index in [9.17, 15) is 13.2 Å². The van der Waals surface area contributed by atoms with Gasteiger partial charge in [-0.15, -0.1) is 11.8 Å². The van der Waals surface area contributed by atoms with Crippen molar-refractivity contribution in [2.75, 3.05) is 17.3 Å². The third-order valence-corrected chi connectivity index (χ3v) is 6.54. The maximum absolute atomic E-state index is 11.7. The second-order valence-corrected chi connectivity index (χ2v) is 8.70. The van der Waals surface area contributed by atoms with Gasteiger partial charge in [0.15, 0.2) is 9.84 Å². The largest absolute Gasteiger partial charge is 0.351 e. The molecule has 1 amide bonds. The van der Waals surface area contributed by atoms with Gasteiger partial charge in [-0.1, -0.05) is 23.7 Å². The van der Waals surface area contributed by atoms with Crippen molar-refractivity contribution in [3.05, 3.63) is 34.9 Å². The van der Waals surface area contributed by atoms with Crippen LogP contribution in [0, 0.1) is 0 Å². The predicted molar refractivity (Wildman–Crippen MR) is 82.8 cm³/mol. The van der Waals surface area contributed by atoms with E-state index in [4.69, 9.17) is 11.6 Å². The molecule has 1 atom stereocenters. The van der Waals surface area contributed by atoms with Crippen LogP contribution in [0.25, 0.3) is 0 Å². The highest BCUT2D eigenvalue weighted by Gasteiger charge is 2.28. The molecule has 1 fully saturated rings. The molecule has 7 heteroatoms. The Morgan fingerprint density at radius 1 is 1.45 bits per heavy atom. The highest BCUT2D eigenvalue weighted by atomic mass is 35.5. The summed E-state index contributed by atoms with van der Waals surface area (Å²) in [6, 6.07) is 7.31. The summed E-state index contributed by atoms with van der Waals surface area (Å²) in [4.78, 5) is 11.7. The fraction of sp³-hybridized carbons (Fsp3) is 0.462. The smallest absolute Gasteiger partial charge is 0.230 e. The summed E-state index contributed by atoms with van der Waals surface area (Å²) < 4.78 is 22.6. The lowest BCUT2D eigenvalue weighted by Crippen LogP contribution is -2.25. The average molecular weight is 334 g/mol. The maximum atomic E-state index is 11.7. The van der Waals surface area contributed by atoms with Crippen LogP contribution in [-0.4, -0.2) is 36.8 Å². The van der Waals surface area contributed by atoms with E-state index < -0.39 is 9.84 Å². The molecule has 1 aromatic rings. The molecule has 1 heterocycles. The Balaban J connectivity index is 1.71. The number of hydrogen-bond acceptors (Lipinski definition) is 4. The van der Waals surface area contributed by atoms with E-state index in [2.05, 4.69) is 5.32 Å². The van der Waals surface area contributed by atoms with Crippen LogP contribution < -0.4 is 5.32 Å². The maximum Gasteiger partial charge on any atom is 0.230 e. The summed E-state index contributed by atoms with van der Waals surface area (Å²) in [7, 11) is -2.87. The number of carbonyl (C=O) groups excluding carboxylic acids is 1. The molecule has 0 unspecified atom stereocenters. The number of carbonyl (C=O) groups is 1. The van der Waals surface area contributed by atoms with Gasteiger partial charge >= 0.3 is 0 Å². The quantitative estimate of drug-likeness (QED) is 0.893. The topological polar surface area (TPSA) is 63.2 Å². The molecule has 0 aliphatic carbocycles. The number of thioether (sulfide) groups is 1. The predicted octanol–water partition coefficient (Wildman–Crippen LogP) is 1.88. The third kappa shape index (κ3) is 5.00. The SMILES string of the molecule is O=C(CS[C@@H]1CCS(=O)(=O)C1)NCc1cccc(Cl)c1. The van der Waals surface area contributed by atoms with E-state index in [1.165, 1.54) is 11.8 Å². The zero-order chi connectivity index (χ0) is 14.6. The summed E-state index contributed by atoms with van der Waals surface area (Å²) >= 11 is 7.28. The summed E-state index contributed by atoms with van der Waals surface area (Å²) in [5.74, 6) is 0.647. The highest BCUT2D eigenvalue weighted by molar-refractivity contribution is 8.02. The molecule has 0 bridgehead atoms. The van der Waals surface area contributed by atoms with Crippen molar-refractivity contribution in [2.24, 2.45) is 0 Å². The van der Waals surface area contributed by atoms with Crippen LogP contribution >= 0.6 is 23.4 Å². The Morgan fingerprint density at radius 2 is 2.25 bits per heavy atom. The Morgan fingerprint density at radius 3 is 2.90 bits per heavy atom. The summed E-state index contributed by atoms with van der Waals surface area (Å²) in [6.07, 6.45) is 0.647. The van der Waals surface area contributed by atoms with Crippen LogP contribution in [0.2, 0.25) is 5.02 Å². The number of halogens is 1. The van der Waals surface area contributed by atoms with Gasteiger partial charge in [0.05, 0.1) is 17.3 Å². The Kier molecular flexibility index (Phi) is 5.35. The molecule has 110 valence electrons. The lowest BCUT2D eigenvalue weighted by atomic mass is 10.2. The van der Waals surface area contributed by atoms with E-state index in [1.54, 1.807) is 12.1 Å². The molecule has 0 saturated carbocycles. The van der Waals surface area contributed by atoms with Crippen LogP contribution in [0.1, 0.15) is 12.0 Å². The van der Waals surface area contributed by atoms with Crippen molar-refractivity contribution >= 4 is 39.1 Å². The van der Waals surface area contributed by atoms with Crippen molar-refractivity contribution in [3.63, 3.8) is 0 Å². The first-order chi connectivity index (χ1) is 9.44. The second-order valence-electron chi connectivity index (χ2n) is 4.74. The summed E-state index contributed by atoms with van der Waals surface area (Å²) in [5, 5.41) is 3.50. The third-order valence-electron chi connectivity index (χ3n) is 3.02. The van der Waals surface area contributed by atoms with Crippen LogP contribution in [0.3, 0.4) is 0 Å². The van der Waals surface area contributed by atoms with Gasteiger partial charge in [0.2, 0.25) is 5.91 Å². The Bertz CT molecular complexity index is 589. The Labute approximate surface area is 128 Å². The zero-order valence-electron chi connectivity index (χ0n) is 10.8. The minimum absolute atomic E-state index is 0.0527. The lowest BCUT2D eigenvalue weighted by molar-refractivity contribution is -0.118. The summed E-state index contributed by atoms with van der Waals surface area (Å²) in [6.45, 7) is 0.433. The fourth-order valence-electron chi connectivity index (χ4n) is 1.98.